The highest BCUT2D eigenvalue weighted by Gasteiger charge is 2.29. The smallest absolute Gasteiger partial charge is 0.254 e. The zero-order valence-corrected chi connectivity index (χ0v) is 19.1. The van der Waals surface area contributed by atoms with Gasteiger partial charge in [-0.05, 0) is 26.8 Å². The molecule has 1 amide bonds. The molecule has 8 nitrogen and oxygen atoms in total. The highest BCUT2D eigenvalue weighted by Crippen LogP contribution is 2.28. The molecule has 0 unspecified atom stereocenters. The standard InChI is InChI=1S/C22H27N5O3S/c1-5-27-21-20(16(3)24-27)18(14-19(23-21)17-8-6-15(2)7-9-17)22(28)25-10-12-26(13-11-25)31(4,29)30/h6-9,14H,5,10-13H2,1-4H3. The van der Waals surface area contributed by atoms with Crippen LogP contribution in [0, 0.1) is 13.8 Å². The largest absolute Gasteiger partial charge is 0.336 e. The molecule has 0 N–H and O–H groups in total. The molecule has 0 spiro atoms. The van der Waals surface area contributed by atoms with Crippen LogP contribution in [0.4, 0.5) is 0 Å². The van der Waals surface area contributed by atoms with Gasteiger partial charge in [0.05, 0.1) is 28.6 Å². The number of nitrogens with zero attached hydrogens (tertiary/aromatic N) is 5. The van der Waals surface area contributed by atoms with Crippen LogP contribution in [0.15, 0.2) is 30.3 Å². The van der Waals surface area contributed by atoms with Crippen LogP contribution in [0.25, 0.3) is 22.3 Å². The first-order valence-electron chi connectivity index (χ1n) is 10.4. The number of rotatable bonds is 4. The van der Waals surface area contributed by atoms with E-state index < -0.39 is 10.0 Å². The van der Waals surface area contributed by atoms with E-state index in [-0.39, 0.29) is 5.91 Å². The topological polar surface area (TPSA) is 88.4 Å². The van der Waals surface area contributed by atoms with Crippen LogP contribution < -0.4 is 0 Å². The third-order valence-electron chi connectivity index (χ3n) is 5.75. The minimum Gasteiger partial charge on any atom is -0.336 e. The van der Waals surface area contributed by atoms with Gasteiger partial charge < -0.3 is 4.90 Å². The molecule has 164 valence electrons. The second-order valence-electron chi connectivity index (χ2n) is 7.98. The van der Waals surface area contributed by atoms with Crippen molar-refractivity contribution in [2.45, 2.75) is 27.3 Å². The Bertz CT molecular complexity index is 1240. The average Bonchev–Trinajstić information content (AvgIpc) is 3.08. The first kappa shape index (κ1) is 21.5. The summed E-state index contributed by atoms with van der Waals surface area (Å²) in [6, 6.07) is 9.89. The van der Waals surface area contributed by atoms with Crippen molar-refractivity contribution in [3.05, 3.63) is 47.2 Å². The van der Waals surface area contributed by atoms with Crippen LogP contribution >= 0.6 is 0 Å². The minimum atomic E-state index is -3.26. The molecule has 1 aliphatic rings. The van der Waals surface area contributed by atoms with E-state index in [9.17, 15) is 13.2 Å². The summed E-state index contributed by atoms with van der Waals surface area (Å²) in [6.07, 6.45) is 1.20. The molecule has 0 radical (unpaired) electrons. The second-order valence-corrected chi connectivity index (χ2v) is 9.96. The van der Waals surface area contributed by atoms with E-state index in [2.05, 4.69) is 5.10 Å². The minimum absolute atomic E-state index is 0.118. The van der Waals surface area contributed by atoms with Crippen LogP contribution in [-0.4, -0.2) is 70.7 Å². The third kappa shape index (κ3) is 4.07. The summed E-state index contributed by atoms with van der Waals surface area (Å²) < 4.78 is 26.9. The maximum Gasteiger partial charge on any atom is 0.254 e. The van der Waals surface area contributed by atoms with Gasteiger partial charge in [0.2, 0.25) is 10.0 Å². The number of pyridine rings is 1. The average molecular weight is 442 g/mol. The van der Waals surface area contributed by atoms with Crippen LogP contribution in [-0.2, 0) is 16.6 Å². The number of carbonyl (C=O) groups is 1. The summed E-state index contributed by atoms with van der Waals surface area (Å²) >= 11 is 0. The highest BCUT2D eigenvalue weighted by atomic mass is 32.2. The maximum absolute atomic E-state index is 13.6. The lowest BCUT2D eigenvalue weighted by atomic mass is 10.0. The lowest BCUT2D eigenvalue weighted by Gasteiger charge is -2.33. The molecule has 0 saturated carbocycles. The Balaban J connectivity index is 1.78. The number of aryl methyl sites for hydroxylation is 3. The number of amides is 1. The van der Waals surface area contributed by atoms with E-state index in [0.717, 1.165) is 27.9 Å². The summed E-state index contributed by atoms with van der Waals surface area (Å²) in [5.41, 5.74) is 4.82. The number of carbonyl (C=O) groups excluding carboxylic acids is 1. The molecule has 31 heavy (non-hydrogen) atoms. The van der Waals surface area contributed by atoms with Gasteiger partial charge in [-0.3, -0.25) is 4.79 Å². The van der Waals surface area contributed by atoms with E-state index in [1.54, 1.807) is 4.90 Å². The summed E-state index contributed by atoms with van der Waals surface area (Å²) in [7, 11) is -3.26. The van der Waals surface area contributed by atoms with Gasteiger partial charge in [0.1, 0.15) is 0 Å². The molecule has 4 rings (SSSR count). The number of hydrogen-bond donors (Lipinski definition) is 0. The molecule has 0 aliphatic carbocycles. The lowest BCUT2D eigenvalue weighted by Crippen LogP contribution is -2.50. The zero-order valence-electron chi connectivity index (χ0n) is 18.3. The van der Waals surface area contributed by atoms with E-state index >= 15 is 0 Å². The van der Waals surface area contributed by atoms with Crippen molar-refractivity contribution in [1.29, 1.82) is 0 Å². The van der Waals surface area contributed by atoms with Gasteiger partial charge in [-0.15, -0.1) is 0 Å². The summed E-state index contributed by atoms with van der Waals surface area (Å²) in [6.45, 7) is 7.88. The number of aromatic nitrogens is 3. The molecule has 0 atom stereocenters. The van der Waals surface area contributed by atoms with Crippen molar-refractivity contribution in [1.82, 2.24) is 24.0 Å². The molecular formula is C22H27N5O3S. The normalized spacial score (nSPS) is 15.5. The van der Waals surface area contributed by atoms with E-state index in [4.69, 9.17) is 4.98 Å². The molecule has 9 heteroatoms. The number of sulfonamides is 1. The number of piperazine rings is 1. The number of hydrogen-bond acceptors (Lipinski definition) is 5. The second kappa shape index (κ2) is 8.05. The Morgan fingerprint density at radius 1 is 1.06 bits per heavy atom. The predicted octanol–water partition coefficient (Wildman–Crippen LogP) is 2.45. The van der Waals surface area contributed by atoms with Gasteiger partial charge in [0.25, 0.3) is 5.91 Å². The van der Waals surface area contributed by atoms with Gasteiger partial charge in [0, 0.05) is 38.3 Å². The van der Waals surface area contributed by atoms with Gasteiger partial charge >= 0.3 is 0 Å². The van der Waals surface area contributed by atoms with Crippen molar-refractivity contribution in [3.63, 3.8) is 0 Å². The Hall–Kier alpha value is -2.78. The van der Waals surface area contributed by atoms with E-state index in [1.165, 1.54) is 10.6 Å². The van der Waals surface area contributed by atoms with Crippen molar-refractivity contribution < 1.29 is 13.2 Å². The zero-order chi connectivity index (χ0) is 22.3. The quantitative estimate of drug-likeness (QED) is 0.621. The van der Waals surface area contributed by atoms with E-state index in [0.29, 0.717) is 43.9 Å². The van der Waals surface area contributed by atoms with Crippen molar-refractivity contribution in [2.24, 2.45) is 0 Å². The van der Waals surface area contributed by atoms with Gasteiger partial charge in [-0.25, -0.2) is 18.1 Å². The fourth-order valence-electron chi connectivity index (χ4n) is 4.01. The van der Waals surface area contributed by atoms with Gasteiger partial charge in [-0.1, -0.05) is 29.8 Å². The maximum atomic E-state index is 13.6. The van der Waals surface area contributed by atoms with Crippen molar-refractivity contribution in [3.8, 4) is 11.3 Å². The molecule has 1 aliphatic heterocycles. The molecule has 1 aromatic carbocycles. The Morgan fingerprint density at radius 2 is 1.71 bits per heavy atom. The number of benzene rings is 1. The molecule has 0 bridgehead atoms. The SMILES string of the molecule is CCn1nc(C)c2c(C(=O)N3CCN(S(C)(=O)=O)CC3)cc(-c3ccc(C)cc3)nc21. The monoisotopic (exact) mass is 441 g/mol. The van der Waals surface area contributed by atoms with Crippen LogP contribution in [0.2, 0.25) is 0 Å². The van der Waals surface area contributed by atoms with Gasteiger partial charge in [-0.2, -0.15) is 9.40 Å². The Kier molecular flexibility index (Phi) is 5.57. The summed E-state index contributed by atoms with van der Waals surface area (Å²) in [5.74, 6) is -0.118. The fourth-order valence-corrected chi connectivity index (χ4v) is 4.83. The number of fused-ring (bicyclic) bond motifs is 1. The van der Waals surface area contributed by atoms with Crippen molar-refractivity contribution in [2.75, 3.05) is 32.4 Å². The van der Waals surface area contributed by atoms with E-state index in [1.807, 2.05) is 55.8 Å². The summed E-state index contributed by atoms with van der Waals surface area (Å²) in [5, 5.41) is 5.34. The van der Waals surface area contributed by atoms with Crippen LogP contribution in [0.5, 0.6) is 0 Å². The highest BCUT2D eigenvalue weighted by molar-refractivity contribution is 7.88. The van der Waals surface area contributed by atoms with Gasteiger partial charge in [0.15, 0.2) is 5.65 Å². The predicted molar refractivity (Wildman–Crippen MR) is 120 cm³/mol. The molecule has 3 heterocycles. The fraction of sp³-hybridized carbons (Fsp3) is 0.409. The Morgan fingerprint density at radius 3 is 2.29 bits per heavy atom. The third-order valence-corrected chi connectivity index (χ3v) is 7.05. The molecule has 1 saturated heterocycles. The van der Waals surface area contributed by atoms with Crippen LogP contribution in [0.1, 0.15) is 28.5 Å². The summed E-state index contributed by atoms with van der Waals surface area (Å²) in [4.78, 5) is 20.1. The Labute approximate surface area is 182 Å². The lowest BCUT2D eigenvalue weighted by molar-refractivity contribution is 0.0700. The van der Waals surface area contributed by atoms with Crippen LogP contribution in [0.3, 0.4) is 0 Å². The first-order chi connectivity index (χ1) is 14.7. The first-order valence-corrected chi connectivity index (χ1v) is 12.2. The molecule has 2 aromatic heterocycles. The van der Waals surface area contributed by atoms with Crippen molar-refractivity contribution >= 4 is 27.0 Å². The molecule has 3 aromatic rings. The molecular weight excluding hydrogens is 414 g/mol. The molecule has 1 fully saturated rings.